The topological polar surface area (TPSA) is 43.4 Å². The van der Waals surface area contributed by atoms with Crippen LogP contribution in [0.3, 0.4) is 0 Å². The molecule has 0 bridgehead atoms. The van der Waals surface area contributed by atoms with Crippen molar-refractivity contribution >= 4 is 50.9 Å². The molecule has 0 saturated heterocycles. The predicted octanol–water partition coefficient (Wildman–Crippen LogP) is 5.69. The van der Waals surface area contributed by atoms with E-state index in [0.29, 0.717) is 10.6 Å². The molecule has 0 unspecified atom stereocenters. The highest BCUT2D eigenvalue weighted by atomic mass is 35.5. The Balaban J connectivity index is 1.67. The summed E-state index contributed by atoms with van der Waals surface area (Å²) in [6.45, 7) is 3.52. The van der Waals surface area contributed by atoms with Crippen molar-refractivity contribution in [2.24, 2.45) is 0 Å². The van der Waals surface area contributed by atoms with Gasteiger partial charge in [-0.3, -0.25) is 4.79 Å². The lowest BCUT2D eigenvalue weighted by atomic mass is 10.1. The van der Waals surface area contributed by atoms with Crippen LogP contribution < -0.4 is 0 Å². The molecule has 2 aromatic carbocycles. The summed E-state index contributed by atoms with van der Waals surface area (Å²) >= 11 is 7.84. The molecule has 1 heterocycles. The van der Waals surface area contributed by atoms with Gasteiger partial charge >= 0.3 is 5.97 Å². The van der Waals surface area contributed by atoms with Crippen LogP contribution in [-0.4, -0.2) is 17.9 Å². The molecule has 26 heavy (non-hydrogen) atoms. The number of carbonyl (C=O) groups excluding carboxylic acids is 2. The van der Waals surface area contributed by atoms with Crippen molar-refractivity contribution in [2.45, 2.75) is 20.0 Å². The number of benzene rings is 2. The Labute approximate surface area is 160 Å². The van der Waals surface area contributed by atoms with Crippen LogP contribution in [0, 0.1) is 6.92 Å². The Kier molecular flexibility index (Phi) is 5.55. The Morgan fingerprint density at radius 2 is 1.81 bits per heavy atom. The zero-order valence-corrected chi connectivity index (χ0v) is 15.9. The number of hydrogen-bond donors (Lipinski definition) is 0. The van der Waals surface area contributed by atoms with E-state index in [4.69, 9.17) is 16.3 Å². The maximum absolute atomic E-state index is 12.3. The van der Waals surface area contributed by atoms with Gasteiger partial charge in [-0.1, -0.05) is 59.6 Å². The third kappa shape index (κ3) is 4.03. The van der Waals surface area contributed by atoms with Crippen molar-refractivity contribution in [1.29, 1.82) is 0 Å². The first-order chi connectivity index (χ1) is 12.5. The first kappa shape index (κ1) is 18.4. The van der Waals surface area contributed by atoms with Gasteiger partial charge in [-0.25, -0.2) is 4.79 Å². The summed E-state index contributed by atoms with van der Waals surface area (Å²) in [6.07, 6.45) is 2.07. The minimum absolute atomic E-state index is 0.230. The van der Waals surface area contributed by atoms with Crippen molar-refractivity contribution in [3.05, 3.63) is 75.6 Å². The highest BCUT2D eigenvalue weighted by Gasteiger charge is 2.18. The van der Waals surface area contributed by atoms with Crippen LogP contribution in [-0.2, 0) is 9.53 Å². The Hall–Kier alpha value is -2.43. The van der Waals surface area contributed by atoms with Crippen LogP contribution in [0.25, 0.3) is 16.2 Å². The minimum atomic E-state index is -0.854. The third-order valence-corrected chi connectivity index (χ3v) is 5.58. The van der Waals surface area contributed by atoms with E-state index in [1.54, 1.807) is 25.1 Å². The molecule has 3 aromatic rings. The Morgan fingerprint density at radius 3 is 2.50 bits per heavy atom. The molecule has 1 atom stereocenters. The summed E-state index contributed by atoms with van der Waals surface area (Å²) in [4.78, 5) is 25.1. The number of rotatable bonds is 5. The molecule has 3 rings (SSSR count). The molecule has 132 valence electrons. The average molecular weight is 385 g/mol. The van der Waals surface area contributed by atoms with E-state index in [9.17, 15) is 9.59 Å². The number of esters is 1. The largest absolute Gasteiger partial charge is 0.451 e. The van der Waals surface area contributed by atoms with Crippen LogP contribution >= 0.6 is 22.9 Å². The van der Waals surface area contributed by atoms with E-state index in [1.165, 1.54) is 17.4 Å². The summed E-state index contributed by atoms with van der Waals surface area (Å²) in [5.41, 5.74) is 1.58. The molecular weight excluding hydrogens is 368 g/mol. The lowest BCUT2D eigenvalue weighted by Gasteiger charge is -2.10. The van der Waals surface area contributed by atoms with Gasteiger partial charge in [0.25, 0.3) is 0 Å². The number of thiophene rings is 1. The number of carbonyl (C=O) groups is 2. The van der Waals surface area contributed by atoms with Crippen molar-refractivity contribution < 1.29 is 14.3 Å². The second-order valence-electron chi connectivity index (χ2n) is 5.92. The van der Waals surface area contributed by atoms with Gasteiger partial charge < -0.3 is 4.74 Å². The second-order valence-corrected chi connectivity index (χ2v) is 7.38. The van der Waals surface area contributed by atoms with Gasteiger partial charge in [-0.15, -0.1) is 11.3 Å². The van der Waals surface area contributed by atoms with Crippen molar-refractivity contribution in [3.8, 4) is 0 Å². The monoisotopic (exact) mass is 384 g/mol. The molecule has 0 aliphatic heterocycles. The van der Waals surface area contributed by atoms with Gasteiger partial charge in [0.2, 0.25) is 5.78 Å². The van der Waals surface area contributed by atoms with E-state index < -0.39 is 12.1 Å². The van der Waals surface area contributed by atoms with E-state index in [1.807, 2.05) is 43.3 Å². The molecule has 5 heteroatoms. The molecular formula is C21H17ClO3S. The lowest BCUT2D eigenvalue weighted by Crippen LogP contribution is -2.23. The highest BCUT2D eigenvalue weighted by molar-refractivity contribution is 7.20. The lowest BCUT2D eigenvalue weighted by molar-refractivity contribution is -0.140. The first-order valence-corrected chi connectivity index (χ1v) is 9.32. The van der Waals surface area contributed by atoms with Crippen LogP contribution in [0.5, 0.6) is 0 Å². The average Bonchev–Trinajstić information content (AvgIpc) is 2.96. The normalized spacial score (nSPS) is 12.4. The van der Waals surface area contributed by atoms with Crippen molar-refractivity contribution in [3.63, 3.8) is 0 Å². The molecule has 0 spiro atoms. The van der Waals surface area contributed by atoms with E-state index in [-0.39, 0.29) is 5.78 Å². The second kappa shape index (κ2) is 7.85. The Morgan fingerprint density at radius 1 is 1.12 bits per heavy atom. The number of aryl methyl sites for hydroxylation is 1. The van der Waals surface area contributed by atoms with E-state index in [2.05, 4.69) is 0 Å². The molecule has 0 amide bonds. The van der Waals surface area contributed by atoms with Crippen LogP contribution in [0.4, 0.5) is 0 Å². The van der Waals surface area contributed by atoms with Crippen LogP contribution in [0.15, 0.2) is 54.6 Å². The smallest absolute Gasteiger partial charge is 0.331 e. The predicted molar refractivity (Wildman–Crippen MR) is 107 cm³/mol. The number of halogens is 1. The van der Waals surface area contributed by atoms with Gasteiger partial charge in [-0.05, 0) is 26.0 Å². The fourth-order valence-corrected chi connectivity index (χ4v) is 3.90. The molecule has 0 saturated carbocycles. The molecule has 0 aliphatic rings. The zero-order valence-electron chi connectivity index (χ0n) is 14.4. The molecule has 0 radical (unpaired) electrons. The van der Waals surface area contributed by atoms with Gasteiger partial charge in [0.1, 0.15) is 0 Å². The molecule has 0 fully saturated rings. The van der Waals surface area contributed by atoms with Gasteiger partial charge in [0.15, 0.2) is 6.10 Å². The van der Waals surface area contributed by atoms with Gasteiger partial charge in [0.05, 0.1) is 5.02 Å². The standard InChI is InChI=1S/C21H17ClO3S/c1-13-7-9-15(10-8-13)21(24)14(2)25-19(23)12-11-18-20(22)16-5-3-4-6-17(16)26-18/h3-12,14H,1-2H3/b12-11+/t14-/m0/s1. The molecule has 0 aliphatic carbocycles. The SMILES string of the molecule is Cc1ccc(C(=O)[C@H](C)OC(=O)/C=C/c2sc3ccccc3c2Cl)cc1. The maximum atomic E-state index is 12.3. The quantitative estimate of drug-likeness (QED) is 0.322. The molecule has 3 nitrogen and oxygen atoms in total. The van der Waals surface area contributed by atoms with E-state index >= 15 is 0 Å². The van der Waals surface area contributed by atoms with E-state index in [0.717, 1.165) is 20.5 Å². The zero-order chi connectivity index (χ0) is 18.7. The summed E-state index contributed by atoms with van der Waals surface area (Å²) in [6, 6.07) is 14.9. The number of fused-ring (bicyclic) bond motifs is 1. The minimum Gasteiger partial charge on any atom is -0.451 e. The fourth-order valence-electron chi connectivity index (χ4n) is 2.50. The number of ketones is 1. The summed E-state index contributed by atoms with van der Waals surface area (Å²) in [5, 5.41) is 1.56. The molecule has 0 N–H and O–H groups in total. The van der Waals surface area contributed by atoms with Crippen molar-refractivity contribution in [1.82, 2.24) is 0 Å². The van der Waals surface area contributed by atoms with Gasteiger partial charge in [-0.2, -0.15) is 0 Å². The van der Waals surface area contributed by atoms with Crippen LogP contribution in [0.2, 0.25) is 5.02 Å². The fraction of sp³-hybridized carbons (Fsp3) is 0.143. The highest BCUT2D eigenvalue weighted by Crippen LogP contribution is 2.35. The number of hydrogen-bond acceptors (Lipinski definition) is 4. The number of Topliss-reactive ketones (excluding diaryl/α,β-unsaturated/α-hetero) is 1. The third-order valence-electron chi connectivity index (χ3n) is 3.93. The maximum Gasteiger partial charge on any atom is 0.331 e. The van der Waals surface area contributed by atoms with Crippen molar-refractivity contribution in [2.75, 3.05) is 0 Å². The Bertz CT molecular complexity index is 986. The summed E-state index contributed by atoms with van der Waals surface area (Å²) in [5.74, 6) is -0.807. The first-order valence-electron chi connectivity index (χ1n) is 8.12. The summed E-state index contributed by atoms with van der Waals surface area (Å²) in [7, 11) is 0. The number of ether oxygens (including phenoxy) is 1. The van der Waals surface area contributed by atoms with Gasteiger partial charge in [0, 0.05) is 26.6 Å². The molecule has 1 aromatic heterocycles. The van der Waals surface area contributed by atoms with Crippen LogP contribution in [0.1, 0.15) is 27.7 Å². The summed E-state index contributed by atoms with van der Waals surface area (Å²) < 4.78 is 6.27.